The zero-order chi connectivity index (χ0) is 25.2. The van der Waals surface area contributed by atoms with E-state index in [-0.39, 0.29) is 30.4 Å². The van der Waals surface area contributed by atoms with Crippen LogP contribution in [0.2, 0.25) is 5.02 Å². The Labute approximate surface area is 212 Å². The monoisotopic (exact) mass is 498 g/mol. The van der Waals surface area contributed by atoms with Gasteiger partial charge in [0.2, 0.25) is 5.91 Å². The van der Waals surface area contributed by atoms with Crippen molar-refractivity contribution in [2.75, 3.05) is 13.1 Å². The Morgan fingerprint density at radius 2 is 1.83 bits per heavy atom. The number of nitrogens with zero attached hydrogens (tertiary/aromatic N) is 1. The van der Waals surface area contributed by atoms with Crippen molar-refractivity contribution in [2.45, 2.75) is 64.2 Å². The molecule has 2 aliphatic rings. The van der Waals surface area contributed by atoms with Crippen molar-refractivity contribution in [3.8, 4) is 0 Å². The highest BCUT2D eigenvalue weighted by Gasteiger charge is 2.50. The Morgan fingerprint density at radius 1 is 1.11 bits per heavy atom. The largest absolute Gasteiger partial charge is 0.392 e. The van der Waals surface area contributed by atoms with Gasteiger partial charge >= 0.3 is 0 Å². The molecule has 7 heteroatoms. The second-order valence-electron chi connectivity index (χ2n) is 10.6. The number of nitrogens with one attached hydrogen (secondary N) is 1. The first kappa shape index (κ1) is 25.7. The van der Waals surface area contributed by atoms with Gasteiger partial charge in [0, 0.05) is 35.1 Å². The lowest BCUT2D eigenvalue weighted by Gasteiger charge is -2.51. The predicted octanol–water partition coefficient (Wildman–Crippen LogP) is 4.27. The molecule has 35 heavy (non-hydrogen) atoms. The fraction of sp³-hybridized carbons (Fsp3) is 0.500. The van der Waals surface area contributed by atoms with Crippen LogP contribution in [-0.2, 0) is 17.0 Å². The third-order valence-electron chi connectivity index (χ3n) is 7.85. The molecule has 0 bridgehead atoms. The SMILES string of the molecule is CC1(C)CN(C(=O)[C@H]2CCCC[C@H]2NC(=O)c2cccc(CO)c2)CCC1(O)c1ccc(Cl)cc1. The maximum absolute atomic E-state index is 13.7. The van der Waals surface area contributed by atoms with E-state index in [4.69, 9.17) is 11.6 Å². The highest BCUT2D eigenvalue weighted by Crippen LogP contribution is 2.46. The van der Waals surface area contributed by atoms with Crippen molar-refractivity contribution in [3.63, 3.8) is 0 Å². The van der Waals surface area contributed by atoms with Crippen LogP contribution in [0, 0.1) is 11.3 Å². The number of benzene rings is 2. The zero-order valence-corrected chi connectivity index (χ0v) is 21.2. The van der Waals surface area contributed by atoms with Crippen LogP contribution in [0.5, 0.6) is 0 Å². The molecule has 2 aromatic carbocycles. The summed E-state index contributed by atoms with van der Waals surface area (Å²) >= 11 is 6.05. The van der Waals surface area contributed by atoms with Crippen molar-refractivity contribution >= 4 is 23.4 Å². The molecule has 4 rings (SSSR count). The van der Waals surface area contributed by atoms with Gasteiger partial charge in [-0.25, -0.2) is 0 Å². The Hall–Kier alpha value is -2.41. The van der Waals surface area contributed by atoms with E-state index in [1.807, 2.05) is 30.9 Å². The first-order valence-corrected chi connectivity index (χ1v) is 12.8. The van der Waals surface area contributed by atoms with Gasteiger partial charge in [-0.15, -0.1) is 0 Å². The molecular weight excluding hydrogens is 464 g/mol. The van der Waals surface area contributed by atoms with Gasteiger partial charge in [-0.1, -0.05) is 62.6 Å². The smallest absolute Gasteiger partial charge is 0.251 e. The van der Waals surface area contributed by atoms with E-state index in [9.17, 15) is 19.8 Å². The number of hydrogen-bond acceptors (Lipinski definition) is 4. The van der Waals surface area contributed by atoms with E-state index < -0.39 is 11.0 Å². The Bertz CT molecular complexity index is 1070. The molecule has 0 radical (unpaired) electrons. The molecule has 2 aromatic rings. The van der Waals surface area contributed by atoms with E-state index in [1.54, 1.807) is 36.4 Å². The molecule has 1 aliphatic carbocycles. The van der Waals surface area contributed by atoms with Crippen LogP contribution in [0.3, 0.4) is 0 Å². The summed E-state index contributed by atoms with van der Waals surface area (Å²) in [6.45, 7) is 4.75. The van der Waals surface area contributed by atoms with Gasteiger partial charge in [-0.3, -0.25) is 9.59 Å². The quantitative estimate of drug-likeness (QED) is 0.574. The number of amides is 2. The standard InChI is InChI=1S/C28H35ClN2O4/c1-27(2)18-31(15-14-28(27,35)21-10-12-22(29)13-11-21)26(34)23-8-3-4-9-24(23)30-25(33)20-7-5-6-19(16-20)17-32/h5-7,10-13,16,23-24,32,35H,3-4,8-9,14-15,17-18H2,1-2H3,(H,30,33)/t23-,24+,28?/m0/s1. The molecule has 188 valence electrons. The van der Waals surface area contributed by atoms with Crippen LogP contribution in [-0.4, -0.2) is 46.1 Å². The van der Waals surface area contributed by atoms with Gasteiger partial charge in [-0.2, -0.15) is 0 Å². The second kappa shape index (κ2) is 10.3. The molecule has 3 atom stereocenters. The van der Waals surface area contributed by atoms with Gasteiger partial charge in [0.25, 0.3) is 5.91 Å². The van der Waals surface area contributed by atoms with Gasteiger partial charge in [-0.05, 0) is 54.7 Å². The fourth-order valence-electron chi connectivity index (χ4n) is 5.67. The molecule has 6 nitrogen and oxygen atoms in total. The number of carbonyl (C=O) groups excluding carboxylic acids is 2. The molecule has 1 saturated carbocycles. The number of hydrogen-bond donors (Lipinski definition) is 3. The van der Waals surface area contributed by atoms with Crippen molar-refractivity contribution < 1.29 is 19.8 Å². The van der Waals surface area contributed by atoms with E-state index in [2.05, 4.69) is 5.32 Å². The average Bonchev–Trinajstić information content (AvgIpc) is 2.86. The first-order valence-electron chi connectivity index (χ1n) is 12.4. The Balaban J connectivity index is 1.47. The van der Waals surface area contributed by atoms with E-state index in [0.29, 0.717) is 35.7 Å². The topological polar surface area (TPSA) is 89.9 Å². The molecule has 1 unspecified atom stereocenters. The van der Waals surface area contributed by atoms with Crippen LogP contribution in [0.15, 0.2) is 48.5 Å². The van der Waals surface area contributed by atoms with Crippen LogP contribution in [0.4, 0.5) is 0 Å². The molecule has 2 fully saturated rings. The predicted molar refractivity (Wildman–Crippen MR) is 136 cm³/mol. The lowest BCUT2D eigenvalue weighted by atomic mass is 9.66. The van der Waals surface area contributed by atoms with Crippen molar-refractivity contribution in [3.05, 3.63) is 70.2 Å². The Morgan fingerprint density at radius 3 is 2.51 bits per heavy atom. The molecular formula is C28H35ClN2O4. The van der Waals surface area contributed by atoms with Crippen LogP contribution < -0.4 is 5.32 Å². The van der Waals surface area contributed by atoms with Crippen LogP contribution >= 0.6 is 11.6 Å². The molecule has 1 heterocycles. The maximum atomic E-state index is 13.7. The third kappa shape index (κ3) is 5.25. The number of likely N-dealkylation sites (tertiary alicyclic amines) is 1. The van der Waals surface area contributed by atoms with E-state index >= 15 is 0 Å². The summed E-state index contributed by atoms with van der Waals surface area (Å²) < 4.78 is 0. The third-order valence-corrected chi connectivity index (χ3v) is 8.11. The van der Waals surface area contributed by atoms with Crippen LogP contribution in [0.1, 0.15) is 67.4 Å². The highest BCUT2D eigenvalue weighted by molar-refractivity contribution is 6.30. The van der Waals surface area contributed by atoms with Crippen molar-refractivity contribution in [1.82, 2.24) is 10.2 Å². The van der Waals surface area contributed by atoms with Gasteiger partial charge in [0.05, 0.1) is 18.1 Å². The number of halogens is 1. The summed E-state index contributed by atoms with van der Waals surface area (Å²) in [5.41, 5.74) is 0.351. The van der Waals surface area contributed by atoms with E-state index in [0.717, 1.165) is 31.2 Å². The molecule has 0 spiro atoms. The molecule has 1 saturated heterocycles. The number of aliphatic hydroxyl groups is 2. The minimum atomic E-state index is -1.06. The molecule has 1 aliphatic heterocycles. The van der Waals surface area contributed by atoms with Crippen molar-refractivity contribution in [1.29, 1.82) is 0 Å². The lowest BCUT2D eigenvalue weighted by Crippen LogP contribution is -2.59. The minimum Gasteiger partial charge on any atom is -0.392 e. The summed E-state index contributed by atoms with van der Waals surface area (Å²) in [4.78, 5) is 28.5. The summed E-state index contributed by atoms with van der Waals surface area (Å²) in [5, 5.41) is 24.8. The van der Waals surface area contributed by atoms with Crippen molar-refractivity contribution in [2.24, 2.45) is 11.3 Å². The Kier molecular flexibility index (Phi) is 7.55. The number of aliphatic hydroxyl groups excluding tert-OH is 1. The maximum Gasteiger partial charge on any atom is 0.251 e. The number of piperidine rings is 1. The lowest BCUT2D eigenvalue weighted by molar-refractivity contribution is -0.158. The van der Waals surface area contributed by atoms with E-state index in [1.165, 1.54) is 0 Å². The highest BCUT2D eigenvalue weighted by atomic mass is 35.5. The summed E-state index contributed by atoms with van der Waals surface area (Å²) in [6.07, 6.45) is 3.85. The number of carbonyl (C=O) groups is 2. The van der Waals surface area contributed by atoms with Gasteiger partial charge in [0.1, 0.15) is 0 Å². The summed E-state index contributed by atoms with van der Waals surface area (Å²) in [6, 6.07) is 14.0. The summed E-state index contributed by atoms with van der Waals surface area (Å²) in [7, 11) is 0. The normalized spacial score (nSPS) is 26.3. The first-order chi connectivity index (χ1) is 16.6. The summed E-state index contributed by atoms with van der Waals surface area (Å²) in [5.74, 6) is -0.460. The van der Waals surface area contributed by atoms with Crippen LogP contribution in [0.25, 0.3) is 0 Å². The molecule has 0 aromatic heterocycles. The molecule has 3 N–H and O–H groups in total. The minimum absolute atomic E-state index is 0.0466. The van der Waals surface area contributed by atoms with Gasteiger partial charge in [0.15, 0.2) is 0 Å². The molecule has 2 amide bonds. The second-order valence-corrected chi connectivity index (χ2v) is 11.0. The fourth-order valence-corrected chi connectivity index (χ4v) is 5.79. The number of rotatable bonds is 5. The average molecular weight is 499 g/mol. The van der Waals surface area contributed by atoms with Gasteiger partial charge < -0.3 is 20.4 Å². The zero-order valence-electron chi connectivity index (χ0n) is 20.5.